The lowest BCUT2D eigenvalue weighted by atomic mass is 10.1. The van der Waals surface area contributed by atoms with Gasteiger partial charge in [0.15, 0.2) is 11.6 Å². The molecule has 0 aliphatic heterocycles. The van der Waals surface area contributed by atoms with Crippen molar-refractivity contribution in [2.75, 3.05) is 5.73 Å². The van der Waals surface area contributed by atoms with Gasteiger partial charge in [-0.2, -0.15) is 0 Å². The number of halogens is 2. The number of amides is 1. The maximum atomic E-state index is 13.2. The zero-order chi connectivity index (χ0) is 15.7. The Morgan fingerprint density at radius 2 is 1.86 bits per heavy atom. The van der Waals surface area contributed by atoms with Gasteiger partial charge in [0.25, 0.3) is 5.91 Å². The Morgan fingerprint density at radius 1 is 1.24 bits per heavy atom. The number of hydrogen-bond acceptors (Lipinski definition) is 3. The highest BCUT2D eigenvalue weighted by molar-refractivity contribution is 5.99. The van der Waals surface area contributed by atoms with E-state index in [4.69, 9.17) is 10.2 Å². The quantitative estimate of drug-likeness (QED) is 0.854. The van der Waals surface area contributed by atoms with Crippen LogP contribution in [0.4, 0.5) is 14.5 Å². The fourth-order valence-corrected chi connectivity index (χ4v) is 2.19. The Bertz CT molecular complexity index is 695. The maximum absolute atomic E-state index is 13.2. The smallest absolute Gasteiger partial charge is 0.253 e. The van der Waals surface area contributed by atoms with Crippen LogP contribution in [0.2, 0.25) is 0 Å². The molecule has 2 aromatic rings. The number of hydrogen-bond donors (Lipinski definition) is 2. The number of carbonyl (C=O) groups is 1. The molecular weight excluding hydrogens is 278 g/mol. The van der Waals surface area contributed by atoms with Crippen LogP contribution in [0.1, 0.15) is 40.4 Å². The number of furan rings is 1. The lowest BCUT2D eigenvalue weighted by Crippen LogP contribution is -2.27. The van der Waals surface area contributed by atoms with Crippen LogP contribution < -0.4 is 11.1 Å². The van der Waals surface area contributed by atoms with E-state index < -0.39 is 17.5 Å². The number of nitrogen functional groups attached to an aromatic ring is 1. The third-order valence-electron chi connectivity index (χ3n) is 3.23. The number of benzene rings is 1. The molecule has 1 unspecified atom stereocenters. The molecule has 21 heavy (non-hydrogen) atoms. The summed E-state index contributed by atoms with van der Waals surface area (Å²) in [6.07, 6.45) is 0. The molecule has 1 amide bonds. The molecule has 112 valence electrons. The summed E-state index contributed by atoms with van der Waals surface area (Å²) in [4.78, 5) is 12.1. The van der Waals surface area contributed by atoms with Crippen LogP contribution in [0, 0.1) is 25.5 Å². The molecule has 0 spiro atoms. The van der Waals surface area contributed by atoms with E-state index in [0.29, 0.717) is 5.76 Å². The molecule has 0 aliphatic rings. The predicted molar refractivity (Wildman–Crippen MR) is 74.8 cm³/mol. The van der Waals surface area contributed by atoms with Gasteiger partial charge in [-0.1, -0.05) is 0 Å². The van der Waals surface area contributed by atoms with Crippen LogP contribution in [0.5, 0.6) is 0 Å². The van der Waals surface area contributed by atoms with Crippen LogP contribution in [-0.4, -0.2) is 5.91 Å². The van der Waals surface area contributed by atoms with Gasteiger partial charge in [-0.25, -0.2) is 8.78 Å². The fourth-order valence-electron chi connectivity index (χ4n) is 2.19. The van der Waals surface area contributed by atoms with E-state index in [1.165, 1.54) is 0 Å². The molecule has 6 heteroatoms. The van der Waals surface area contributed by atoms with E-state index in [9.17, 15) is 13.6 Å². The zero-order valence-electron chi connectivity index (χ0n) is 12.0. The van der Waals surface area contributed by atoms with Crippen LogP contribution >= 0.6 is 0 Å². The van der Waals surface area contributed by atoms with Crippen molar-refractivity contribution in [1.29, 1.82) is 0 Å². The molecule has 1 aromatic heterocycles. The second-order valence-corrected chi connectivity index (χ2v) is 4.92. The normalized spacial score (nSPS) is 12.2. The average molecular weight is 294 g/mol. The van der Waals surface area contributed by atoms with Gasteiger partial charge in [0, 0.05) is 17.3 Å². The Balaban J connectivity index is 2.22. The predicted octanol–water partition coefficient (Wildman–Crippen LogP) is 3.25. The van der Waals surface area contributed by atoms with E-state index in [1.807, 2.05) is 6.07 Å². The molecule has 1 aromatic carbocycles. The summed E-state index contributed by atoms with van der Waals surface area (Å²) < 4.78 is 31.6. The van der Waals surface area contributed by atoms with Crippen molar-refractivity contribution in [2.45, 2.75) is 26.8 Å². The minimum Gasteiger partial charge on any atom is -0.466 e. The van der Waals surface area contributed by atoms with E-state index in [1.54, 1.807) is 20.8 Å². The van der Waals surface area contributed by atoms with Crippen molar-refractivity contribution in [3.63, 3.8) is 0 Å². The molecule has 1 atom stereocenters. The molecule has 0 saturated carbocycles. The summed E-state index contributed by atoms with van der Waals surface area (Å²) in [5.41, 5.74) is 6.16. The monoisotopic (exact) mass is 294 g/mol. The fraction of sp³-hybridized carbons (Fsp3) is 0.267. The van der Waals surface area contributed by atoms with Gasteiger partial charge in [-0.3, -0.25) is 4.79 Å². The molecule has 1 heterocycles. The van der Waals surface area contributed by atoms with Crippen molar-refractivity contribution >= 4 is 11.6 Å². The molecule has 0 fully saturated rings. The van der Waals surface area contributed by atoms with Crippen LogP contribution in [-0.2, 0) is 0 Å². The van der Waals surface area contributed by atoms with Crippen molar-refractivity contribution in [3.05, 3.63) is 52.5 Å². The summed E-state index contributed by atoms with van der Waals surface area (Å²) in [5, 5.41) is 2.69. The third kappa shape index (κ3) is 3.04. The highest BCUT2D eigenvalue weighted by atomic mass is 19.2. The standard InChI is InChI=1S/C15H16F2N2O2/c1-7-4-10(9(3)21-7)8(2)19-15(20)11-5-12(16)13(17)6-14(11)18/h4-6,8H,18H2,1-3H3,(H,19,20). The minimum atomic E-state index is -1.11. The van der Waals surface area contributed by atoms with Gasteiger partial charge in [0.05, 0.1) is 11.6 Å². The summed E-state index contributed by atoms with van der Waals surface area (Å²) in [6, 6.07) is 3.06. The van der Waals surface area contributed by atoms with E-state index in [0.717, 1.165) is 23.5 Å². The third-order valence-corrected chi connectivity index (χ3v) is 3.23. The lowest BCUT2D eigenvalue weighted by Gasteiger charge is -2.14. The Labute approximate surface area is 120 Å². The molecule has 4 nitrogen and oxygen atoms in total. The van der Waals surface area contributed by atoms with E-state index >= 15 is 0 Å². The highest BCUT2D eigenvalue weighted by Gasteiger charge is 2.19. The van der Waals surface area contributed by atoms with Gasteiger partial charge in [-0.15, -0.1) is 0 Å². The number of carbonyl (C=O) groups excluding carboxylic acids is 1. The van der Waals surface area contributed by atoms with Crippen LogP contribution in [0.15, 0.2) is 22.6 Å². The minimum absolute atomic E-state index is 0.0985. The second-order valence-electron chi connectivity index (χ2n) is 4.92. The van der Waals surface area contributed by atoms with E-state index in [2.05, 4.69) is 5.32 Å². The van der Waals surface area contributed by atoms with Crippen molar-refractivity contribution in [3.8, 4) is 0 Å². The van der Waals surface area contributed by atoms with Gasteiger partial charge in [0.1, 0.15) is 11.5 Å². The number of rotatable bonds is 3. The first-order chi connectivity index (χ1) is 9.79. The molecular formula is C15H16F2N2O2. The molecule has 0 saturated heterocycles. The highest BCUT2D eigenvalue weighted by Crippen LogP contribution is 2.23. The number of nitrogens with two attached hydrogens (primary N) is 1. The Morgan fingerprint density at radius 3 is 2.43 bits per heavy atom. The van der Waals surface area contributed by atoms with Gasteiger partial charge in [0.2, 0.25) is 0 Å². The number of aryl methyl sites for hydroxylation is 2. The average Bonchev–Trinajstić information content (AvgIpc) is 2.72. The summed E-state index contributed by atoms with van der Waals surface area (Å²) in [7, 11) is 0. The Kier molecular flexibility index (Phi) is 3.97. The van der Waals surface area contributed by atoms with Gasteiger partial charge in [-0.05, 0) is 32.9 Å². The SMILES string of the molecule is Cc1cc(C(C)NC(=O)c2cc(F)c(F)cc2N)c(C)o1. The largest absolute Gasteiger partial charge is 0.466 e. The van der Waals surface area contributed by atoms with Gasteiger partial charge < -0.3 is 15.5 Å². The zero-order valence-corrected chi connectivity index (χ0v) is 12.0. The second kappa shape index (κ2) is 5.55. The first-order valence-electron chi connectivity index (χ1n) is 6.42. The Hall–Kier alpha value is -2.37. The first kappa shape index (κ1) is 15.0. The summed E-state index contributed by atoms with van der Waals surface area (Å²) >= 11 is 0. The van der Waals surface area contributed by atoms with Crippen LogP contribution in [0.25, 0.3) is 0 Å². The van der Waals surface area contributed by atoms with Crippen molar-refractivity contribution in [1.82, 2.24) is 5.32 Å². The van der Waals surface area contributed by atoms with E-state index in [-0.39, 0.29) is 17.3 Å². The number of nitrogens with one attached hydrogen (secondary N) is 1. The molecule has 3 N–H and O–H groups in total. The molecule has 0 aliphatic carbocycles. The van der Waals surface area contributed by atoms with Gasteiger partial charge >= 0.3 is 0 Å². The molecule has 0 radical (unpaired) electrons. The number of anilines is 1. The molecule has 0 bridgehead atoms. The summed E-state index contributed by atoms with van der Waals surface area (Å²) in [5.74, 6) is -1.35. The van der Waals surface area contributed by atoms with Crippen LogP contribution in [0.3, 0.4) is 0 Å². The summed E-state index contributed by atoms with van der Waals surface area (Å²) in [6.45, 7) is 5.36. The molecule has 2 rings (SSSR count). The first-order valence-corrected chi connectivity index (χ1v) is 6.42. The van der Waals surface area contributed by atoms with Crippen molar-refractivity contribution < 1.29 is 18.0 Å². The van der Waals surface area contributed by atoms with Crippen molar-refractivity contribution in [2.24, 2.45) is 0 Å². The topological polar surface area (TPSA) is 68.3 Å². The lowest BCUT2D eigenvalue weighted by molar-refractivity contribution is 0.0940. The maximum Gasteiger partial charge on any atom is 0.253 e.